The van der Waals surface area contributed by atoms with E-state index in [1.165, 1.54) is 25.7 Å². The quantitative estimate of drug-likeness (QED) is 0.644. The van der Waals surface area contributed by atoms with E-state index in [4.69, 9.17) is 0 Å². The van der Waals surface area contributed by atoms with Crippen LogP contribution in [-0.2, 0) is 4.79 Å². The van der Waals surface area contributed by atoms with Gasteiger partial charge in [0.1, 0.15) is 0 Å². The average molecular weight is 378 g/mol. The van der Waals surface area contributed by atoms with Gasteiger partial charge in [-0.05, 0) is 55.5 Å². The molecular formula is C22H26N4O2. The molecule has 1 saturated carbocycles. The van der Waals surface area contributed by atoms with E-state index in [0.717, 1.165) is 12.1 Å². The van der Waals surface area contributed by atoms with Crippen LogP contribution in [0.2, 0.25) is 0 Å². The summed E-state index contributed by atoms with van der Waals surface area (Å²) in [5.41, 5.74) is 2.02. The van der Waals surface area contributed by atoms with Gasteiger partial charge in [0.25, 0.3) is 0 Å². The Bertz CT molecular complexity index is 825. The van der Waals surface area contributed by atoms with Crippen LogP contribution in [0.1, 0.15) is 32.1 Å². The molecular weight excluding hydrogens is 352 g/mol. The van der Waals surface area contributed by atoms with Crippen LogP contribution < -0.4 is 21.3 Å². The van der Waals surface area contributed by atoms with Crippen molar-refractivity contribution in [2.45, 2.75) is 44.2 Å². The molecule has 1 aliphatic heterocycles. The summed E-state index contributed by atoms with van der Waals surface area (Å²) in [6, 6.07) is 16.5. The number of carbonyl (C=O) groups is 2. The minimum Gasteiger partial charge on any atom is -0.325 e. The van der Waals surface area contributed by atoms with Gasteiger partial charge in [-0.15, -0.1) is 0 Å². The Balaban J connectivity index is 1.33. The van der Waals surface area contributed by atoms with Gasteiger partial charge in [0.2, 0.25) is 5.91 Å². The van der Waals surface area contributed by atoms with E-state index in [1.54, 1.807) is 12.1 Å². The molecule has 28 heavy (non-hydrogen) atoms. The topological polar surface area (TPSA) is 82.3 Å². The molecule has 6 heteroatoms. The lowest BCUT2D eigenvalue weighted by Crippen LogP contribution is -2.39. The van der Waals surface area contributed by atoms with Crippen LogP contribution in [0.4, 0.5) is 21.9 Å². The molecule has 0 aromatic heterocycles. The first-order valence-corrected chi connectivity index (χ1v) is 9.97. The van der Waals surface area contributed by atoms with Crippen LogP contribution in [-0.4, -0.2) is 24.0 Å². The van der Waals surface area contributed by atoms with Gasteiger partial charge in [0, 0.05) is 23.1 Å². The van der Waals surface area contributed by atoms with Crippen LogP contribution in [0, 0.1) is 5.92 Å². The molecule has 2 fully saturated rings. The van der Waals surface area contributed by atoms with Crippen molar-refractivity contribution in [3.63, 3.8) is 0 Å². The summed E-state index contributed by atoms with van der Waals surface area (Å²) in [5, 5.41) is 12.1. The number of carbonyl (C=O) groups excluding carboxylic acids is 2. The van der Waals surface area contributed by atoms with E-state index in [-0.39, 0.29) is 18.0 Å². The number of benzene rings is 2. The van der Waals surface area contributed by atoms with Crippen molar-refractivity contribution >= 4 is 29.0 Å². The first-order valence-electron chi connectivity index (χ1n) is 9.97. The molecule has 6 nitrogen and oxygen atoms in total. The highest BCUT2D eigenvalue weighted by Gasteiger charge is 2.38. The molecule has 4 N–H and O–H groups in total. The third-order valence-electron chi connectivity index (χ3n) is 5.60. The number of fused-ring (bicyclic) bond motifs is 1. The summed E-state index contributed by atoms with van der Waals surface area (Å²) < 4.78 is 0. The number of amides is 3. The van der Waals surface area contributed by atoms with Gasteiger partial charge in [0.15, 0.2) is 0 Å². The number of hydrogen-bond donors (Lipinski definition) is 4. The minimum atomic E-state index is -0.323. The van der Waals surface area contributed by atoms with Crippen molar-refractivity contribution in [1.82, 2.24) is 5.32 Å². The average Bonchev–Trinajstić information content (AvgIpc) is 3.13. The zero-order valence-electron chi connectivity index (χ0n) is 15.8. The summed E-state index contributed by atoms with van der Waals surface area (Å²) in [6.45, 7) is 0. The number of para-hydroxylation sites is 1. The summed E-state index contributed by atoms with van der Waals surface area (Å²) in [7, 11) is 0. The Hall–Kier alpha value is -2.86. The Morgan fingerprint density at radius 1 is 0.821 bits per heavy atom. The largest absolute Gasteiger partial charge is 0.325 e. The number of anilines is 3. The first-order chi connectivity index (χ1) is 13.7. The van der Waals surface area contributed by atoms with Gasteiger partial charge in [-0.3, -0.25) is 4.79 Å². The fourth-order valence-electron chi connectivity index (χ4n) is 4.24. The Kier molecular flexibility index (Phi) is 5.58. The highest BCUT2D eigenvalue weighted by molar-refractivity contribution is 6.00. The zero-order chi connectivity index (χ0) is 19.3. The molecule has 4 rings (SSSR count). The van der Waals surface area contributed by atoms with Crippen LogP contribution in [0.15, 0.2) is 54.6 Å². The van der Waals surface area contributed by atoms with Crippen molar-refractivity contribution in [3.05, 3.63) is 54.6 Å². The lowest BCUT2D eigenvalue weighted by atomic mass is 9.85. The molecule has 1 saturated heterocycles. The van der Waals surface area contributed by atoms with E-state index in [2.05, 4.69) is 21.3 Å². The second-order valence-corrected chi connectivity index (χ2v) is 7.62. The SMILES string of the molecule is O=C(Nc1ccccc1)Nc1cccc(NC(=O)C2CC3CCCCC3N2)c1. The molecule has 2 aliphatic rings. The number of rotatable bonds is 4. The van der Waals surface area contributed by atoms with Crippen LogP contribution in [0.3, 0.4) is 0 Å². The summed E-state index contributed by atoms with van der Waals surface area (Å²) in [6.07, 6.45) is 5.83. The van der Waals surface area contributed by atoms with Gasteiger partial charge >= 0.3 is 6.03 Å². The molecule has 3 amide bonds. The van der Waals surface area contributed by atoms with E-state index in [0.29, 0.717) is 23.3 Å². The van der Waals surface area contributed by atoms with Gasteiger partial charge in [0.05, 0.1) is 6.04 Å². The predicted molar refractivity (Wildman–Crippen MR) is 111 cm³/mol. The number of hydrogen-bond acceptors (Lipinski definition) is 3. The minimum absolute atomic E-state index is 0.000266. The summed E-state index contributed by atoms with van der Waals surface area (Å²) >= 11 is 0. The standard InChI is InChI=1S/C22H26N4O2/c27-21(20-13-15-7-4-5-12-19(15)26-20)23-17-10-6-11-18(14-17)25-22(28)24-16-8-2-1-3-9-16/h1-3,6,8-11,14-15,19-20,26H,4-5,7,12-13H2,(H,23,27)(H2,24,25,28). The normalized spacial score (nSPS) is 23.5. The van der Waals surface area contributed by atoms with Gasteiger partial charge < -0.3 is 21.3 Å². The van der Waals surface area contributed by atoms with Gasteiger partial charge in [-0.2, -0.15) is 0 Å². The predicted octanol–water partition coefficient (Wildman–Crippen LogP) is 4.19. The van der Waals surface area contributed by atoms with Crippen molar-refractivity contribution < 1.29 is 9.59 Å². The van der Waals surface area contributed by atoms with Crippen LogP contribution >= 0.6 is 0 Å². The lowest BCUT2D eigenvalue weighted by molar-refractivity contribution is -0.117. The maximum Gasteiger partial charge on any atom is 0.323 e. The molecule has 3 unspecified atom stereocenters. The Morgan fingerprint density at radius 2 is 1.50 bits per heavy atom. The second-order valence-electron chi connectivity index (χ2n) is 7.62. The maximum absolute atomic E-state index is 12.7. The molecule has 1 aliphatic carbocycles. The molecule has 3 atom stereocenters. The number of nitrogens with one attached hydrogen (secondary N) is 4. The van der Waals surface area contributed by atoms with E-state index < -0.39 is 0 Å². The summed E-state index contributed by atoms with van der Waals surface area (Å²) in [5.74, 6) is 0.625. The van der Waals surface area contributed by atoms with Crippen LogP contribution in [0.25, 0.3) is 0 Å². The second kappa shape index (κ2) is 8.44. The monoisotopic (exact) mass is 378 g/mol. The Labute approximate surface area is 165 Å². The lowest BCUT2D eigenvalue weighted by Gasteiger charge is -2.24. The molecule has 2 aromatic carbocycles. The van der Waals surface area contributed by atoms with Gasteiger partial charge in [-0.1, -0.05) is 37.1 Å². The van der Waals surface area contributed by atoms with E-state index in [9.17, 15) is 9.59 Å². The molecule has 0 bridgehead atoms. The van der Waals surface area contributed by atoms with E-state index in [1.807, 2.05) is 42.5 Å². The fraction of sp³-hybridized carbons (Fsp3) is 0.364. The fourth-order valence-corrected chi connectivity index (χ4v) is 4.24. The molecule has 0 spiro atoms. The molecule has 0 radical (unpaired) electrons. The maximum atomic E-state index is 12.7. The third kappa shape index (κ3) is 4.51. The summed E-state index contributed by atoms with van der Waals surface area (Å²) in [4.78, 5) is 24.8. The van der Waals surface area contributed by atoms with Crippen LogP contribution in [0.5, 0.6) is 0 Å². The Morgan fingerprint density at radius 3 is 2.29 bits per heavy atom. The van der Waals surface area contributed by atoms with Crippen molar-refractivity contribution in [2.24, 2.45) is 5.92 Å². The third-order valence-corrected chi connectivity index (χ3v) is 5.60. The van der Waals surface area contributed by atoms with Crippen molar-refractivity contribution in [2.75, 3.05) is 16.0 Å². The smallest absolute Gasteiger partial charge is 0.323 e. The first kappa shape index (κ1) is 18.5. The molecule has 1 heterocycles. The van der Waals surface area contributed by atoms with Crippen molar-refractivity contribution in [1.29, 1.82) is 0 Å². The molecule has 146 valence electrons. The highest BCUT2D eigenvalue weighted by Crippen LogP contribution is 2.33. The zero-order valence-corrected chi connectivity index (χ0v) is 15.8. The highest BCUT2D eigenvalue weighted by atomic mass is 16.2. The van der Waals surface area contributed by atoms with E-state index >= 15 is 0 Å². The molecule has 2 aromatic rings. The van der Waals surface area contributed by atoms with Crippen molar-refractivity contribution in [3.8, 4) is 0 Å². The number of urea groups is 1. The van der Waals surface area contributed by atoms with Gasteiger partial charge in [-0.25, -0.2) is 4.79 Å².